The molecule has 0 bridgehead atoms. The van der Waals surface area contributed by atoms with Crippen LogP contribution in [-0.4, -0.2) is 27.3 Å². The molecule has 21 heavy (non-hydrogen) atoms. The van der Waals surface area contributed by atoms with Crippen LogP contribution in [0.1, 0.15) is 23.6 Å². The molecule has 0 aliphatic carbocycles. The van der Waals surface area contributed by atoms with Gasteiger partial charge in [-0.1, -0.05) is 29.8 Å². The number of amides is 1. The van der Waals surface area contributed by atoms with E-state index in [1.807, 2.05) is 31.2 Å². The van der Waals surface area contributed by atoms with E-state index in [0.717, 1.165) is 11.1 Å². The van der Waals surface area contributed by atoms with Gasteiger partial charge in [0.1, 0.15) is 5.60 Å². The molecular formula is C16H21N3O2. The van der Waals surface area contributed by atoms with Gasteiger partial charge in [-0.2, -0.15) is 5.10 Å². The molecule has 2 aromatic rings. The zero-order valence-corrected chi connectivity index (χ0v) is 12.6. The number of benzene rings is 1. The molecule has 1 heterocycles. The maximum atomic E-state index is 12.0. The van der Waals surface area contributed by atoms with E-state index in [9.17, 15) is 9.90 Å². The molecule has 0 aliphatic heterocycles. The largest absolute Gasteiger partial charge is 0.383 e. The lowest BCUT2D eigenvalue weighted by Gasteiger charge is -2.22. The summed E-state index contributed by atoms with van der Waals surface area (Å²) in [5.74, 6) is -0.107. The predicted molar refractivity (Wildman–Crippen MR) is 80.7 cm³/mol. The van der Waals surface area contributed by atoms with Crippen LogP contribution in [0.5, 0.6) is 0 Å². The summed E-state index contributed by atoms with van der Waals surface area (Å²) in [6.45, 7) is 3.81. The number of rotatable bonds is 5. The van der Waals surface area contributed by atoms with E-state index < -0.39 is 5.60 Å². The van der Waals surface area contributed by atoms with Crippen LogP contribution in [0.2, 0.25) is 0 Å². The Balaban J connectivity index is 1.91. The molecule has 1 aromatic heterocycles. The number of nitrogens with one attached hydrogen (secondary N) is 1. The van der Waals surface area contributed by atoms with Gasteiger partial charge in [-0.15, -0.1) is 0 Å². The highest BCUT2D eigenvalue weighted by Crippen LogP contribution is 2.18. The van der Waals surface area contributed by atoms with Gasteiger partial charge in [-0.05, 0) is 19.4 Å². The monoisotopic (exact) mass is 287 g/mol. The van der Waals surface area contributed by atoms with Gasteiger partial charge in [-0.3, -0.25) is 9.48 Å². The molecular weight excluding hydrogens is 266 g/mol. The molecule has 0 radical (unpaired) electrons. The molecule has 2 rings (SSSR count). The molecule has 0 fully saturated rings. The zero-order valence-electron chi connectivity index (χ0n) is 12.6. The number of carbonyl (C=O) groups is 1. The third-order valence-electron chi connectivity index (χ3n) is 3.40. The van der Waals surface area contributed by atoms with Gasteiger partial charge in [0.15, 0.2) is 0 Å². The minimum atomic E-state index is -1.13. The Labute approximate surface area is 124 Å². The van der Waals surface area contributed by atoms with Crippen LogP contribution >= 0.6 is 0 Å². The number of carbonyl (C=O) groups excluding carboxylic acids is 1. The number of hydrogen-bond donors (Lipinski definition) is 2. The first-order valence-corrected chi connectivity index (χ1v) is 6.90. The molecule has 2 N–H and O–H groups in total. The Kier molecular flexibility index (Phi) is 4.43. The summed E-state index contributed by atoms with van der Waals surface area (Å²) in [6, 6.07) is 7.84. The molecule has 0 saturated heterocycles. The maximum absolute atomic E-state index is 12.0. The van der Waals surface area contributed by atoms with Crippen LogP contribution < -0.4 is 5.32 Å². The average Bonchev–Trinajstić information content (AvgIpc) is 2.84. The SMILES string of the molecule is Cc1cccc(CC(=O)NCC(C)(O)c2cnn(C)c2)c1. The maximum Gasteiger partial charge on any atom is 0.224 e. The lowest BCUT2D eigenvalue weighted by atomic mass is 9.99. The Morgan fingerprint density at radius 3 is 2.86 bits per heavy atom. The zero-order chi connectivity index (χ0) is 15.5. The summed E-state index contributed by atoms with van der Waals surface area (Å²) in [5, 5.41) is 17.2. The van der Waals surface area contributed by atoms with Crippen molar-refractivity contribution in [3.63, 3.8) is 0 Å². The summed E-state index contributed by atoms with van der Waals surface area (Å²) in [4.78, 5) is 12.0. The van der Waals surface area contributed by atoms with Crippen molar-refractivity contribution in [2.45, 2.75) is 25.9 Å². The first-order chi connectivity index (χ1) is 9.87. The Hall–Kier alpha value is -2.14. The van der Waals surface area contributed by atoms with E-state index in [1.54, 1.807) is 31.0 Å². The van der Waals surface area contributed by atoms with E-state index >= 15 is 0 Å². The summed E-state index contributed by atoms with van der Waals surface area (Å²) >= 11 is 0. The van der Waals surface area contributed by atoms with Crippen molar-refractivity contribution in [1.82, 2.24) is 15.1 Å². The summed E-state index contributed by atoms with van der Waals surface area (Å²) in [6.07, 6.45) is 3.66. The molecule has 0 spiro atoms. The molecule has 1 aromatic carbocycles. The molecule has 5 nitrogen and oxygen atoms in total. The van der Waals surface area contributed by atoms with Crippen molar-refractivity contribution < 1.29 is 9.90 Å². The Bertz CT molecular complexity index is 632. The van der Waals surface area contributed by atoms with Crippen LogP contribution in [0.15, 0.2) is 36.7 Å². The Morgan fingerprint density at radius 1 is 1.48 bits per heavy atom. The van der Waals surface area contributed by atoms with E-state index in [2.05, 4.69) is 10.4 Å². The van der Waals surface area contributed by atoms with Gasteiger partial charge in [-0.25, -0.2) is 0 Å². The summed E-state index contributed by atoms with van der Waals surface area (Å²) in [7, 11) is 1.79. The van der Waals surface area contributed by atoms with Crippen LogP contribution in [-0.2, 0) is 23.9 Å². The van der Waals surface area contributed by atoms with Crippen molar-refractivity contribution in [1.29, 1.82) is 0 Å². The minimum absolute atomic E-state index is 0.107. The number of nitrogens with zero attached hydrogens (tertiary/aromatic N) is 2. The van der Waals surface area contributed by atoms with Gasteiger partial charge in [0.25, 0.3) is 0 Å². The predicted octanol–water partition coefficient (Wildman–Crippen LogP) is 1.29. The molecule has 0 aliphatic rings. The van der Waals surface area contributed by atoms with Crippen molar-refractivity contribution in [3.8, 4) is 0 Å². The third-order valence-corrected chi connectivity index (χ3v) is 3.40. The van der Waals surface area contributed by atoms with Gasteiger partial charge in [0.05, 0.1) is 19.2 Å². The molecule has 112 valence electrons. The van der Waals surface area contributed by atoms with E-state index in [1.165, 1.54) is 0 Å². The summed E-state index contributed by atoms with van der Waals surface area (Å²) < 4.78 is 1.62. The average molecular weight is 287 g/mol. The van der Waals surface area contributed by atoms with E-state index in [0.29, 0.717) is 12.0 Å². The van der Waals surface area contributed by atoms with Crippen molar-refractivity contribution in [2.24, 2.45) is 7.05 Å². The quantitative estimate of drug-likeness (QED) is 0.871. The summed E-state index contributed by atoms with van der Waals surface area (Å²) in [5.41, 5.74) is 1.65. The third kappa shape index (κ3) is 4.16. The lowest BCUT2D eigenvalue weighted by Crippen LogP contribution is -2.39. The minimum Gasteiger partial charge on any atom is -0.383 e. The van der Waals surface area contributed by atoms with Crippen LogP contribution in [0.25, 0.3) is 0 Å². The van der Waals surface area contributed by atoms with Crippen molar-refractivity contribution >= 4 is 5.91 Å². The van der Waals surface area contributed by atoms with Crippen LogP contribution in [0.4, 0.5) is 0 Å². The number of aryl methyl sites for hydroxylation is 2. The molecule has 0 saturated carbocycles. The first-order valence-electron chi connectivity index (χ1n) is 6.90. The highest BCUT2D eigenvalue weighted by Gasteiger charge is 2.25. The second kappa shape index (κ2) is 6.10. The van der Waals surface area contributed by atoms with Gasteiger partial charge >= 0.3 is 0 Å². The highest BCUT2D eigenvalue weighted by molar-refractivity contribution is 5.78. The fourth-order valence-electron chi connectivity index (χ4n) is 2.14. The Morgan fingerprint density at radius 2 is 2.24 bits per heavy atom. The second-order valence-electron chi connectivity index (χ2n) is 5.62. The van der Waals surface area contributed by atoms with Gasteiger partial charge in [0.2, 0.25) is 5.91 Å². The normalized spacial score (nSPS) is 13.7. The van der Waals surface area contributed by atoms with E-state index in [4.69, 9.17) is 0 Å². The first kappa shape index (κ1) is 15.3. The molecule has 1 atom stereocenters. The second-order valence-corrected chi connectivity index (χ2v) is 5.62. The van der Waals surface area contributed by atoms with Gasteiger partial charge in [0, 0.05) is 18.8 Å². The molecule has 1 unspecified atom stereocenters. The van der Waals surface area contributed by atoms with Crippen molar-refractivity contribution in [2.75, 3.05) is 6.54 Å². The topological polar surface area (TPSA) is 67.2 Å². The molecule has 5 heteroatoms. The lowest BCUT2D eigenvalue weighted by molar-refractivity contribution is -0.121. The smallest absolute Gasteiger partial charge is 0.224 e. The van der Waals surface area contributed by atoms with Gasteiger partial charge < -0.3 is 10.4 Å². The van der Waals surface area contributed by atoms with Crippen LogP contribution in [0.3, 0.4) is 0 Å². The molecule has 1 amide bonds. The standard InChI is InChI=1S/C16H21N3O2/c1-12-5-4-6-13(7-12)8-15(20)17-11-16(2,21)14-9-18-19(3)10-14/h4-7,9-10,21H,8,11H2,1-3H3,(H,17,20). The number of hydrogen-bond acceptors (Lipinski definition) is 3. The van der Waals surface area contributed by atoms with E-state index in [-0.39, 0.29) is 12.5 Å². The highest BCUT2D eigenvalue weighted by atomic mass is 16.3. The fraction of sp³-hybridized carbons (Fsp3) is 0.375. The van der Waals surface area contributed by atoms with Crippen molar-refractivity contribution in [3.05, 3.63) is 53.3 Å². The number of aromatic nitrogens is 2. The number of aliphatic hydroxyl groups is 1. The van der Waals surface area contributed by atoms with Crippen LogP contribution in [0, 0.1) is 6.92 Å². The fourth-order valence-corrected chi connectivity index (χ4v) is 2.14.